The molecule has 0 aliphatic heterocycles. The molecule has 0 atom stereocenters. The van der Waals surface area contributed by atoms with Crippen LogP contribution in [0.4, 0.5) is 18.9 Å². The van der Waals surface area contributed by atoms with Crippen LogP contribution in [0.15, 0.2) is 60.3 Å². The molecule has 2 aromatic carbocycles. The van der Waals surface area contributed by atoms with Crippen LogP contribution in [0.2, 0.25) is 5.02 Å². The number of aromatic nitrogens is 3. The smallest absolute Gasteiger partial charge is 0.416 e. The SMILES string of the molecule is C=CCn1c(CNC(=O)c2ccc(OC)cc2)nnc1SCC(=O)Nc1cc(C(F)(F)F)ccc1Cl. The van der Waals surface area contributed by atoms with Crippen LogP contribution in [0.25, 0.3) is 0 Å². The summed E-state index contributed by atoms with van der Waals surface area (Å²) in [6.45, 7) is 4.07. The van der Waals surface area contributed by atoms with E-state index in [9.17, 15) is 22.8 Å². The number of alkyl halides is 3. The highest BCUT2D eigenvalue weighted by Crippen LogP contribution is 2.34. The van der Waals surface area contributed by atoms with Gasteiger partial charge in [-0.25, -0.2) is 0 Å². The molecule has 0 fully saturated rings. The van der Waals surface area contributed by atoms with Crippen LogP contribution in [-0.4, -0.2) is 39.4 Å². The first kappa shape index (κ1) is 27.1. The molecule has 2 N–H and O–H groups in total. The zero-order valence-electron chi connectivity index (χ0n) is 18.9. The monoisotopic (exact) mass is 539 g/mol. The van der Waals surface area contributed by atoms with Gasteiger partial charge in [-0.05, 0) is 42.5 Å². The van der Waals surface area contributed by atoms with E-state index in [1.54, 1.807) is 34.9 Å². The Morgan fingerprint density at radius 2 is 1.92 bits per heavy atom. The van der Waals surface area contributed by atoms with Crippen LogP contribution in [-0.2, 0) is 24.1 Å². The van der Waals surface area contributed by atoms with Crippen LogP contribution < -0.4 is 15.4 Å². The lowest BCUT2D eigenvalue weighted by atomic mass is 10.2. The molecule has 8 nitrogen and oxygen atoms in total. The Bertz CT molecular complexity index is 1250. The van der Waals surface area contributed by atoms with Crippen molar-refractivity contribution in [3.63, 3.8) is 0 Å². The lowest BCUT2D eigenvalue weighted by Crippen LogP contribution is -2.24. The largest absolute Gasteiger partial charge is 0.497 e. The Labute approximate surface area is 213 Å². The van der Waals surface area contributed by atoms with Gasteiger partial charge < -0.3 is 19.9 Å². The van der Waals surface area contributed by atoms with Crippen molar-refractivity contribution in [1.82, 2.24) is 20.1 Å². The zero-order chi connectivity index (χ0) is 26.3. The maximum atomic E-state index is 12.9. The number of nitrogens with zero attached hydrogens (tertiary/aromatic N) is 3. The number of amides is 2. The highest BCUT2D eigenvalue weighted by atomic mass is 35.5. The number of hydrogen-bond donors (Lipinski definition) is 2. The van der Waals surface area contributed by atoms with Gasteiger partial charge in [0.1, 0.15) is 5.75 Å². The van der Waals surface area contributed by atoms with Crippen LogP contribution >= 0.6 is 23.4 Å². The molecule has 2 amide bonds. The Morgan fingerprint density at radius 3 is 2.56 bits per heavy atom. The molecule has 3 aromatic rings. The molecular weight excluding hydrogens is 519 g/mol. The van der Waals surface area contributed by atoms with E-state index >= 15 is 0 Å². The van der Waals surface area contributed by atoms with Crippen molar-refractivity contribution in [2.24, 2.45) is 0 Å². The number of halogens is 4. The average molecular weight is 540 g/mol. The lowest BCUT2D eigenvalue weighted by molar-refractivity contribution is -0.137. The minimum Gasteiger partial charge on any atom is -0.497 e. The number of ether oxygens (including phenoxy) is 1. The second-order valence-corrected chi connectivity index (χ2v) is 8.59. The predicted octanol–water partition coefficient (Wildman–Crippen LogP) is 4.81. The third-order valence-electron chi connectivity index (χ3n) is 4.76. The van der Waals surface area contributed by atoms with Gasteiger partial charge in [0.2, 0.25) is 5.91 Å². The summed E-state index contributed by atoms with van der Waals surface area (Å²) in [5.74, 6) is -0.0138. The van der Waals surface area contributed by atoms with Gasteiger partial charge in [-0.2, -0.15) is 13.2 Å². The molecule has 0 aliphatic rings. The maximum Gasteiger partial charge on any atom is 0.416 e. The number of carbonyl (C=O) groups excluding carboxylic acids is 2. The van der Waals surface area contributed by atoms with Gasteiger partial charge in [-0.1, -0.05) is 29.4 Å². The number of rotatable bonds is 10. The Balaban J connectivity index is 1.63. The quantitative estimate of drug-likeness (QED) is 0.283. The van der Waals surface area contributed by atoms with E-state index in [4.69, 9.17) is 16.3 Å². The second kappa shape index (κ2) is 12.0. The predicted molar refractivity (Wildman–Crippen MR) is 130 cm³/mol. The van der Waals surface area contributed by atoms with Crippen molar-refractivity contribution < 1.29 is 27.5 Å². The van der Waals surface area contributed by atoms with Crippen molar-refractivity contribution in [3.05, 3.63) is 77.1 Å². The van der Waals surface area contributed by atoms with Crippen molar-refractivity contribution in [3.8, 4) is 5.75 Å². The standard InChI is InChI=1S/C23H21ClF3N5O3S/c1-3-10-32-19(12-28-21(34)14-4-7-16(35-2)8-5-14)30-31-22(32)36-13-20(33)29-18-11-15(23(25,26)27)6-9-17(18)24/h3-9,11H,1,10,12-13H2,2H3,(H,28,34)(H,29,33). The highest BCUT2D eigenvalue weighted by Gasteiger charge is 2.31. The lowest BCUT2D eigenvalue weighted by Gasteiger charge is -2.12. The van der Waals surface area contributed by atoms with E-state index in [1.807, 2.05) is 0 Å². The Kier molecular flexibility index (Phi) is 8.99. The molecule has 190 valence electrons. The average Bonchev–Trinajstić information content (AvgIpc) is 3.23. The molecule has 0 aliphatic carbocycles. The van der Waals surface area contributed by atoms with Gasteiger partial charge in [-0.3, -0.25) is 9.59 Å². The van der Waals surface area contributed by atoms with Crippen molar-refractivity contribution in [2.75, 3.05) is 18.2 Å². The van der Waals surface area contributed by atoms with E-state index < -0.39 is 17.6 Å². The molecule has 1 aromatic heterocycles. The fourth-order valence-corrected chi connectivity index (χ4v) is 3.92. The highest BCUT2D eigenvalue weighted by molar-refractivity contribution is 7.99. The van der Waals surface area contributed by atoms with E-state index in [0.29, 0.717) is 28.8 Å². The summed E-state index contributed by atoms with van der Waals surface area (Å²) >= 11 is 6.95. The molecule has 13 heteroatoms. The van der Waals surface area contributed by atoms with Crippen LogP contribution in [0.5, 0.6) is 5.75 Å². The van der Waals surface area contributed by atoms with Crippen LogP contribution in [0.1, 0.15) is 21.7 Å². The van der Waals surface area contributed by atoms with Gasteiger partial charge in [0.25, 0.3) is 5.91 Å². The summed E-state index contributed by atoms with van der Waals surface area (Å²) in [4.78, 5) is 24.8. The summed E-state index contributed by atoms with van der Waals surface area (Å²) in [6, 6.07) is 9.26. The fraction of sp³-hybridized carbons (Fsp3) is 0.217. The second-order valence-electron chi connectivity index (χ2n) is 7.24. The first-order chi connectivity index (χ1) is 17.1. The van der Waals surface area contributed by atoms with Gasteiger partial charge >= 0.3 is 6.18 Å². The molecule has 0 unspecified atom stereocenters. The van der Waals surface area contributed by atoms with Crippen molar-refractivity contribution >= 4 is 40.9 Å². The van der Waals surface area contributed by atoms with Crippen molar-refractivity contribution in [2.45, 2.75) is 24.4 Å². The number of methoxy groups -OCH3 is 1. The molecule has 0 saturated heterocycles. The van der Waals surface area contributed by atoms with Gasteiger partial charge in [0.05, 0.1) is 35.7 Å². The van der Waals surface area contributed by atoms with E-state index in [2.05, 4.69) is 27.4 Å². The number of benzene rings is 2. The molecular formula is C23H21ClF3N5O3S. The number of allylic oxidation sites excluding steroid dienone is 1. The topological polar surface area (TPSA) is 98.1 Å². The van der Waals surface area contributed by atoms with Gasteiger partial charge in [0, 0.05) is 12.1 Å². The third kappa shape index (κ3) is 7.01. The molecule has 1 heterocycles. The van der Waals surface area contributed by atoms with Gasteiger partial charge in [-0.15, -0.1) is 16.8 Å². The Morgan fingerprint density at radius 1 is 1.19 bits per heavy atom. The third-order valence-corrected chi connectivity index (χ3v) is 6.06. The first-order valence-corrected chi connectivity index (χ1v) is 11.7. The summed E-state index contributed by atoms with van der Waals surface area (Å²) in [5.41, 5.74) is -0.640. The number of thioether (sulfide) groups is 1. The van der Waals surface area contributed by atoms with E-state index in [0.717, 1.165) is 30.0 Å². The Hall–Kier alpha value is -3.51. The molecule has 0 spiro atoms. The number of carbonyl (C=O) groups is 2. The molecule has 36 heavy (non-hydrogen) atoms. The molecule has 0 saturated carbocycles. The molecule has 0 radical (unpaired) electrons. The normalized spacial score (nSPS) is 11.1. The number of hydrogen-bond acceptors (Lipinski definition) is 6. The summed E-state index contributed by atoms with van der Waals surface area (Å²) in [5, 5.41) is 13.6. The number of anilines is 1. The summed E-state index contributed by atoms with van der Waals surface area (Å²) < 4.78 is 45.6. The van der Waals surface area contributed by atoms with Crippen LogP contribution in [0, 0.1) is 0 Å². The van der Waals surface area contributed by atoms with E-state index in [1.165, 1.54) is 7.11 Å². The maximum absolute atomic E-state index is 12.9. The van der Waals surface area contributed by atoms with Crippen molar-refractivity contribution in [1.29, 1.82) is 0 Å². The number of nitrogens with one attached hydrogen (secondary N) is 2. The minimum absolute atomic E-state index is 0.0222. The first-order valence-electron chi connectivity index (χ1n) is 10.4. The molecule has 0 bridgehead atoms. The minimum atomic E-state index is -4.57. The zero-order valence-corrected chi connectivity index (χ0v) is 20.5. The summed E-state index contributed by atoms with van der Waals surface area (Å²) in [7, 11) is 1.53. The fourth-order valence-electron chi connectivity index (χ4n) is 2.99. The van der Waals surface area contributed by atoms with Gasteiger partial charge in [0.15, 0.2) is 11.0 Å². The molecule has 3 rings (SSSR count). The van der Waals surface area contributed by atoms with Crippen LogP contribution in [0.3, 0.4) is 0 Å². The van der Waals surface area contributed by atoms with E-state index in [-0.39, 0.29) is 28.9 Å². The summed E-state index contributed by atoms with van der Waals surface area (Å²) in [6.07, 6.45) is -2.97.